The lowest BCUT2D eigenvalue weighted by molar-refractivity contribution is -0.149. The molecule has 0 aliphatic carbocycles. The maximum atomic E-state index is 11.3. The van der Waals surface area contributed by atoms with Gasteiger partial charge >= 0.3 is 5.97 Å². The smallest absolute Gasteiger partial charge is 0.333 e. The summed E-state index contributed by atoms with van der Waals surface area (Å²) in [6.45, 7) is 4.34. The highest BCUT2D eigenvalue weighted by molar-refractivity contribution is 5.98. The third-order valence-corrected chi connectivity index (χ3v) is 4.00. The predicted molar refractivity (Wildman–Crippen MR) is 103 cm³/mol. The van der Waals surface area contributed by atoms with Crippen LogP contribution in [0.25, 0.3) is 0 Å². The summed E-state index contributed by atoms with van der Waals surface area (Å²) in [5.74, 6) is -0.169. The van der Waals surface area contributed by atoms with E-state index in [0.717, 1.165) is 22.4 Å². The molecule has 1 N–H and O–H groups in total. The largest absolute Gasteiger partial charge is 0.497 e. The van der Waals surface area contributed by atoms with Crippen LogP contribution in [-0.4, -0.2) is 36.6 Å². The Kier molecular flexibility index (Phi) is 7.82. The monoisotopic (exact) mass is 371 g/mol. The fourth-order valence-corrected chi connectivity index (χ4v) is 2.53. The van der Waals surface area contributed by atoms with Gasteiger partial charge in [0.2, 0.25) is 0 Å². The van der Waals surface area contributed by atoms with Gasteiger partial charge in [-0.3, -0.25) is 0 Å². The second kappa shape index (κ2) is 10.3. The van der Waals surface area contributed by atoms with Gasteiger partial charge in [-0.15, -0.1) is 0 Å². The van der Waals surface area contributed by atoms with Crippen LogP contribution < -0.4 is 4.74 Å². The molecule has 0 saturated heterocycles. The van der Waals surface area contributed by atoms with Crippen molar-refractivity contribution in [1.82, 2.24) is 0 Å². The first kappa shape index (κ1) is 20.5. The van der Waals surface area contributed by atoms with Crippen molar-refractivity contribution in [3.63, 3.8) is 0 Å². The van der Waals surface area contributed by atoms with Crippen LogP contribution in [0.3, 0.4) is 0 Å². The maximum absolute atomic E-state index is 11.3. The molecule has 6 heteroatoms. The van der Waals surface area contributed by atoms with Crippen molar-refractivity contribution in [2.24, 2.45) is 5.16 Å². The average molecular weight is 371 g/mol. The van der Waals surface area contributed by atoms with Crippen LogP contribution in [0.4, 0.5) is 0 Å². The standard InChI is InChI=1S/C21H25NO5/c1-4-26-20(21(23)24)13-17-6-5-7-18(12-17)15(2)22-27-14-16-8-10-19(25-3)11-9-16/h5-12,20H,4,13-14H2,1-3H3,(H,23,24)/b22-15+/t20-/m1/s1. The minimum absolute atomic E-state index is 0.303. The Morgan fingerprint density at radius 3 is 2.52 bits per heavy atom. The molecule has 2 aromatic rings. The normalized spacial score (nSPS) is 12.5. The van der Waals surface area contributed by atoms with E-state index in [9.17, 15) is 9.90 Å². The highest BCUT2D eigenvalue weighted by atomic mass is 16.6. The molecule has 0 fully saturated rings. The highest BCUT2D eigenvalue weighted by Gasteiger charge is 2.18. The van der Waals surface area contributed by atoms with E-state index >= 15 is 0 Å². The molecule has 0 saturated carbocycles. The van der Waals surface area contributed by atoms with Gasteiger partial charge in [-0.2, -0.15) is 0 Å². The van der Waals surface area contributed by atoms with Gasteiger partial charge in [-0.1, -0.05) is 35.5 Å². The van der Waals surface area contributed by atoms with Gasteiger partial charge in [-0.05, 0) is 48.7 Å². The SMILES string of the molecule is CCO[C@H](Cc1cccc(/C(C)=N/OCc2ccc(OC)cc2)c1)C(=O)O. The Morgan fingerprint density at radius 1 is 1.15 bits per heavy atom. The third kappa shape index (κ3) is 6.42. The lowest BCUT2D eigenvalue weighted by Crippen LogP contribution is -2.26. The molecule has 0 aliphatic heterocycles. The number of carboxylic acids is 1. The summed E-state index contributed by atoms with van der Waals surface area (Å²) in [5.41, 5.74) is 3.46. The zero-order valence-electron chi connectivity index (χ0n) is 15.8. The van der Waals surface area contributed by atoms with Crippen LogP contribution in [0.5, 0.6) is 5.75 Å². The van der Waals surface area contributed by atoms with Gasteiger partial charge < -0.3 is 19.4 Å². The van der Waals surface area contributed by atoms with E-state index in [1.165, 1.54) is 0 Å². The first-order valence-electron chi connectivity index (χ1n) is 8.76. The Hall–Kier alpha value is -2.86. The van der Waals surface area contributed by atoms with Crippen LogP contribution in [0.1, 0.15) is 30.5 Å². The number of carbonyl (C=O) groups is 1. The summed E-state index contributed by atoms with van der Waals surface area (Å²) < 4.78 is 10.4. The molecule has 27 heavy (non-hydrogen) atoms. The molecule has 0 amide bonds. The molecule has 0 heterocycles. The molecule has 0 aromatic heterocycles. The number of nitrogens with zero attached hydrogens (tertiary/aromatic N) is 1. The molecule has 2 aromatic carbocycles. The second-order valence-electron chi connectivity index (χ2n) is 5.98. The number of benzene rings is 2. The van der Waals surface area contributed by atoms with Crippen molar-refractivity contribution in [3.8, 4) is 5.75 Å². The highest BCUT2D eigenvalue weighted by Crippen LogP contribution is 2.13. The quantitative estimate of drug-likeness (QED) is 0.509. The van der Waals surface area contributed by atoms with Crippen molar-refractivity contribution in [2.75, 3.05) is 13.7 Å². The summed E-state index contributed by atoms with van der Waals surface area (Å²) in [5, 5.41) is 13.4. The van der Waals surface area contributed by atoms with Crippen LogP contribution >= 0.6 is 0 Å². The van der Waals surface area contributed by atoms with E-state index in [4.69, 9.17) is 14.3 Å². The fraction of sp³-hybridized carbons (Fsp3) is 0.333. The molecule has 1 atom stereocenters. The van der Waals surface area contributed by atoms with Crippen molar-refractivity contribution in [1.29, 1.82) is 0 Å². The van der Waals surface area contributed by atoms with E-state index < -0.39 is 12.1 Å². The zero-order valence-corrected chi connectivity index (χ0v) is 15.8. The van der Waals surface area contributed by atoms with Crippen molar-refractivity contribution in [3.05, 3.63) is 65.2 Å². The van der Waals surface area contributed by atoms with E-state index in [-0.39, 0.29) is 0 Å². The van der Waals surface area contributed by atoms with E-state index in [0.29, 0.717) is 25.3 Å². The van der Waals surface area contributed by atoms with E-state index in [1.54, 1.807) is 14.0 Å². The molecular weight excluding hydrogens is 346 g/mol. The molecular formula is C21H25NO5. The van der Waals surface area contributed by atoms with Crippen LogP contribution in [0.15, 0.2) is 53.7 Å². The number of hydrogen-bond donors (Lipinski definition) is 1. The van der Waals surface area contributed by atoms with Crippen LogP contribution in [0.2, 0.25) is 0 Å². The minimum atomic E-state index is -0.963. The van der Waals surface area contributed by atoms with E-state index in [1.807, 2.05) is 55.5 Å². The lowest BCUT2D eigenvalue weighted by atomic mass is 10.0. The van der Waals surface area contributed by atoms with Crippen molar-refractivity contribution < 1.29 is 24.2 Å². The number of aliphatic carboxylic acids is 1. The summed E-state index contributed by atoms with van der Waals surface area (Å²) in [4.78, 5) is 16.7. The number of carboxylic acid groups (broad SMARTS) is 1. The number of ether oxygens (including phenoxy) is 2. The van der Waals surface area contributed by atoms with Gasteiger partial charge in [0, 0.05) is 13.0 Å². The molecule has 0 spiro atoms. The topological polar surface area (TPSA) is 77.3 Å². The van der Waals surface area contributed by atoms with Gasteiger partial charge in [0.25, 0.3) is 0 Å². The van der Waals surface area contributed by atoms with Crippen LogP contribution in [-0.2, 0) is 27.4 Å². The first-order chi connectivity index (χ1) is 13.0. The molecule has 0 aliphatic rings. The molecule has 6 nitrogen and oxygen atoms in total. The maximum Gasteiger partial charge on any atom is 0.333 e. The number of rotatable bonds is 10. The fourth-order valence-electron chi connectivity index (χ4n) is 2.53. The molecule has 144 valence electrons. The van der Waals surface area contributed by atoms with Gasteiger partial charge in [-0.25, -0.2) is 4.79 Å². The van der Waals surface area contributed by atoms with Crippen molar-refractivity contribution in [2.45, 2.75) is 33.0 Å². The van der Waals surface area contributed by atoms with Gasteiger partial charge in [0.1, 0.15) is 12.4 Å². The second-order valence-corrected chi connectivity index (χ2v) is 5.98. The number of hydrogen-bond acceptors (Lipinski definition) is 5. The minimum Gasteiger partial charge on any atom is -0.497 e. The Balaban J connectivity index is 1.99. The van der Waals surface area contributed by atoms with Crippen LogP contribution in [0, 0.1) is 0 Å². The van der Waals surface area contributed by atoms with E-state index in [2.05, 4.69) is 5.16 Å². The molecule has 0 radical (unpaired) electrons. The first-order valence-corrected chi connectivity index (χ1v) is 8.76. The number of methoxy groups -OCH3 is 1. The predicted octanol–water partition coefficient (Wildman–Crippen LogP) is 3.67. The average Bonchev–Trinajstić information content (AvgIpc) is 2.68. The molecule has 2 rings (SSSR count). The molecule has 0 bridgehead atoms. The van der Waals surface area contributed by atoms with Crippen molar-refractivity contribution >= 4 is 11.7 Å². The Morgan fingerprint density at radius 2 is 1.89 bits per heavy atom. The summed E-state index contributed by atoms with van der Waals surface area (Å²) in [6, 6.07) is 15.2. The summed E-state index contributed by atoms with van der Waals surface area (Å²) in [7, 11) is 1.63. The Bertz CT molecular complexity index is 770. The lowest BCUT2D eigenvalue weighted by Gasteiger charge is -2.13. The zero-order chi connectivity index (χ0) is 19.6. The third-order valence-electron chi connectivity index (χ3n) is 4.00. The Labute approximate surface area is 159 Å². The number of oxime groups is 1. The van der Waals surface area contributed by atoms with Gasteiger partial charge in [0.15, 0.2) is 6.10 Å². The molecule has 0 unspecified atom stereocenters. The summed E-state index contributed by atoms with van der Waals surface area (Å²) in [6.07, 6.45) is -0.550. The van der Waals surface area contributed by atoms with Gasteiger partial charge in [0.05, 0.1) is 12.8 Å². The summed E-state index contributed by atoms with van der Waals surface area (Å²) >= 11 is 0.